The summed E-state index contributed by atoms with van der Waals surface area (Å²) in [4.78, 5) is 7.58. The molecule has 0 atom stereocenters. The summed E-state index contributed by atoms with van der Waals surface area (Å²) in [6, 6.07) is 9.83. The maximum atomic E-state index is 8.73. The summed E-state index contributed by atoms with van der Waals surface area (Å²) in [5.41, 5.74) is 3.12. The van der Waals surface area contributed by atoms with E-state index in [0.717, 1.165) is 17.1 Å². The van der Waals surface area contributed by atoms with Crippen LogP contribution in [0, 0.1) is 6.92 Å². The van der Waals surface area contributed by atoms with Crippen molar-refractivity contribution in [1.82, 2.24) is 9.97 Å². The molecule has 2 N–H and O–H groups in total. The fourth-order valence-electron chi connectivity index (χ4n) is 1.59. The highest BCUT2D eigenvalue weighted by atomic mass is 16.4. The van der Waals surface area contributed by atoms with Gasteiger partial charge >= 0.3 is 0 Å². The van der Waals surface area contributed by atoms with Crippen LogP contribution in [-0.2, 0) is 0 Å². The van der Waals surface area contributed by atoms with Gasteiger partial charge in [-0.1, -0.05) is 35.5 Å². The van der Waals surface area contributed by atoms with E-state index in [1.54, 1.807) is 6.92 Å². The molecule has 1 aromatic heterocycles. The molecule has 0 saturated heterocycles. The fraction of sp³-hybridized carbons (Fsp3) is 0.167. The first kappa shape index (κ1) is 10.4. The van der Waals surface area contributed by atoms with E-state index in [0.29, 0.717) is 11.4 Å². The zero-order valence-electron chi connectivity index (χ0n) is 9.23. The second-order valence-corrected chi connectivity index (χ2v) is 3.61. The maximum absolute atomic E-state index is 8.73. The number of aryl methyl sites for hydroxylation is 1. The van der Waals surface area contributed by atoms with Gasteiger partial charge in [0.15, 0.2) is 0 Å². The molecule has 0 aliphatic carbocycles. The zero-order chi connectivity index (χ0) is 11.5. The molecule has 82 valence electrons. The smallest absolute Gasteiger partial charge is 0.138 e. The zero-order valence-corrected chi connectivity index (χ0v) is 9.23. The van der Waals surface area contributed by atoms with E-state index < -0.39 is 0 Å². The van der Waals surface area contributed by atoms with Crippen molar-refractivity contribution in [3.8, 4) is 11.4 Å². The van der Waals surface area contributed by atoms with Crippen molar-refractivity contribution >= 4 is 5.71 Å². The summed E-state index contributed by atoms with van der Waals surface area (Å²) in [6.45, 7) is 3.63. The second-order valence-electron chi connectivity index (χ2n) is 3.61. The highest BCUT2D eigenvalue weighted by Gasteiger charge is 2.10. The quantitative estimate of drug-likeness (QED) is 0.459. The van der Waals surface area contributed by atoms with Gasteiger partial charge < -0.3 is 10.2 Å². The van der Waals surface area contributed by atoms with Crippen molar-refractivity contribution in [3.05, 3.63) is 41.7 Å². The minimum atomic E-state index is 0.510. The molecule has 16 heavy (non-hydrogen) atoms. The molecule has 0 aliphatic rings. The predicted octanol–water partition coefficient (Wildman–Crippen LogP) is 2.58. The average Bonchev–Trinajstić information content (AvgIpc) is 2.71. The topological polar surface area (TPSA) is 61.3 Å². The lowest BCUT2D eigenvalue weighted by atomic mass is 10.2. The molecule has 0 fully saturated rings. The Morgan fingerprint density at radius 1 is 1.31 bits per heavy atom. The number of oxime groups is 1. The van der Waals surface area contributed by atoms with Gasteiger partial charge in [0.2, 0.25) is 0 Å². The highest BCUT2D eigenvalue weighted by molar-refractivity contribution is 5.98. The van der Waals surface area contributed by atoms with E-state index in [9.17, 15) is 0 Å². The summed E-state index contributed by atoms with van der Waals surface area (Å²) in [5, 5.41) is 11.9. The molecule has 2 rings (SSSR count). The number of benzene rings is 1. The molecule has 0 aliphatic heterocycles. The van der Waals surface area contributed by atoms with E-state index in [-0.39, 0.29) is 0 Å². The molecule has 4 nitrogen and oxygen atoms in total. The lowest BCUT2D eigenvalue weighted by Gasteiger charge is -1.94. The largest absolute Gasteiger partial charge is 0.411 e. The van der Waals surface area contributed by atoms with Gasteiger partial charge in [-0.25, -0.2) is 4.98 Å². The minimum Gasteiger partial charge on any atom is -0.411 e. The molecule has 0 saturated carbocycles. The Kier molecular flexibility index (Phi) is 2.72. The van der Waals surface area contributed by atoms with E-state index in [1.165, 1.54) is 0 Å². The number of hydrogen-bond acceptors (Lipinski definition) is 3. The van der Waals surface area contributed by atoms with Gasteiger partial charge in [0.25, 0.3) is 0 Å². The van der Waals surface area contributed by atoms with Gasteiger partial charge in [-0.3, -0.25) is 0 Å². The van der Waals surface area contributed by atoms with Crippen LogP contribution in [0.15, 0.2) is 35.5 Å². The lowest BCUT2D eigenvalue weighted by Crippen LogP contribution is -1.97. The number of hydrogen-bond donors (Lipinski definition) is 2. The van der Waals surface area contributed by atoms with E-state index in [4.69, 9.17) is 5.21 Å². The monoisotopic (exact) mass is 215 g/mol. The number of H-pyrrole nitrogens is 1. The number of nitrogens with zero attached hydrogens (tertiary/aromatic N) is 2. The second kappa shape index (κ2) is 4.18. The van der Waals surface area contributed by atoms with Gasteiger partial charge in [0.1, 0.15) is 17.2 Å². The Balaban J connectivity index is 2.46. The maximum Gasteiger partial charge on any atom is 0.138 e. The Morgan fingerprint density at radius 3 is 2.62 bits per heavy atom. The molecule has 4 heteroatoms. The summed E-state index contributed by atoms with van der Waals surface area (Å²) < 4.78 is 0. The summed E-state index contributed by atoms with van der Waals surface area (Å²) >= 11 is 0. The van der Waals surface area contributed by atoms with Crippen LogP contribution in [0.25, 0.3) is 11.4 Å². The van der Waals surface area contributed by atoms with E-state index in [1.807, 2.05) is 37.3 Å². The fourth-order valence-corrected chi connectivity index (χ4v) is 1.59. The first-order chi connectivity index (χ1) is 7.72. The third-order valence-electron chi connectivity index (χ3n) is 2.42. The molecule has 0 bridgehead atoms. The van der Waals surface area contributed by atoms with Crippen LogP contribution in [0.5, 0.6) is 0 Å². The molecular weight excluding hydrogens is 202 g/mol. The van der Waals surface area contributed by atoms with Gasteiger partial charge in [-0.15, -0.1) is 0 Å². The molecule has 0 amide bonds. The van der Waals surface area contributed by atoms with Gasteiger partial charge in [-0.05, 0) is 13.8 Å². The van der Waals surface area contributed by atoms with E-state index >= 15 is 0 Å². The number of rotatable bonds is 2. The van der Waals surface area contributed by atoms with Crippen molar-refractivity contribution in [2.45, 2.75) is 13.8 Å². The Bertz CT molecular complexity index is 514. The van der Waals surface area contributed by atoms with Gasteiger partial charge in [0.05, 0.1) is 0 Å². The van der Waals surface area contributed by atoms with Crippen LogP contribution >= 0.6 is 0 Å². The number of aromatic amines is 1. The van der Waals surface area contributed by atoms with Crippen molar-refractivity contribution in [2.75, 3.05) is 0 Å². The van der Waals surface area contributed by atoms with Crippen LogP contribution in [-0.4, -0.2) is 20.9 Å². The molecular formula is C12H13N3O. The van der Waals surface area contributed by atoms with Crippen LogP contribution in [0.1, 0.15) is 18.3 Å². The van der Waals surface area contributed by atoms with Crippen LogP contribution < -0.4 is 0 Å². The highest BCUT2D eigenvalue weighted by Crippen LogP contribution is 2.17. The first-order valence-electron chi connectivity index (χ1n) is 5.03. The Hall–Kier alpha value is -2.10. The standard InChI is InChI=1S/C12H13N3O/c1-8-11(9(2)15-16)14-12(13-8)10-6-4-3-5-7-10/h3-7,16H,1-2H3,(H,13,14)/b15-9+. The molecule has 1 heterocycles. The predicted molar refractivity (Wildman–Crippen MR) is 62.8 cm³/mol. The Labute approximate surface area is 93.7 Å². The Morgan fingerprint density at radius 2 is 2.00 bits per heavy atom. The van der Waals surface area contributed by atoms with Crippen molar-refractivity contribution in [1.29, 1.82) is 0 Å². The molecule has 2 aromatic rings. The van der Waals surface area contributed by atoms with Crippen LogP contribution in [0.2, 0.25) is 0 Å². The van der Waals surface area contributed by atoms with E-state index in [2.05, 4.69) is 15.1 Å². The minimum absolute atomic E-state index is 0.510. The molecule has 0 spiro atoms. The summed E-state index contributed by atoms with van der Waals surface area (Å²) in [5.74, 6) is 0.788. The lowest BCUT2D eigenvalue weighted by molar-refractivity contribution is 0.319. The SMILES string of the molecule is C/C(=N\O)c1nc(-c2ccccc2)[nH]c1C. The first-order valence-corrected chi connectivity index (χ1v) is 5.03. The average molecular weight is 215 g/mol. The van der Waals surface area contributed by atoms with Crippen LogP contribution in [0.3, 0.4) is 0 Å². The van der Waals surface area contributed by atoms with Gasteiger partial charge in [-0.2, -0.15) is 0 Å². The van der Waals surface area contributed by atoms with Gasteiger partial charge in [0, 0.05) is 11.3 Å². The normalized spacial score (nSPS) is 11.8. The van der Waals surface area contributed by atoms with Crippen molar-refractivity contribution < 1.29 is 5.21 Å². The number of imidazole rings is 1. The summed E-state index contributed by atoms with van der Waals surface area (Å²) in [7, 11) is 0. The number of aromatic nitrogens is 2. The van der Waals surface area contributed by atoms with Crippen molar-refractivity contribution in [3.63, 3.8) is 0 Å². The molecule has 1 aromatic carbocycles. The van der Waals surface area contributed by atoms with Crippen LogP contribution in [0.4, 0.5) is 0 Å². The number of nitrogens with one attached hydrogen (secondary N) is 1. The summed E-state index contributed by atoms with van der Waals surface area (Å²) in [6.07, 6.45) is 0. The molecule has 0 radical (unpaired) electrons. The molecule has 0 unspecified atom stereocenters. The van der Waals surface area contributed by atoms with Crippen molar-refractivity contribution in [2.24, 2.45) is 5.16 Å². The third-order valence-corrected chi connectivity index (χ3v) is 2.42. The third kappa shape index (κ3) is 1.82.